The van der Waals surface area contributed by atoms with Crippen LogP contribution in [0.15, 0.2) is 18.2 Å². The van der Waals surface area contributed by atoms with Gasteiger partial charge in [0.05, 0.1) is 5.69 Å². The molecule has 0 saturated carbocycles. The number of esters is 3. The summed E-state index contributed by atoms with van der Waals surface area (Å²) in [4.78, 5) is 49.8. The Morgan fingerprint density at radius 1 is 1.12 bits per heavy atom. The van der Waals surface area contributed by atoms with Crippen molar-refractivity contribution in [2.75, 3.05) is 11.5 Å². The molecule has 186 valence electrons. The summed E-state index contributed by atoms with van der Waals surface area (Å²) >= 11 is 0. The fourth-order valence-corrected chi connectivity index (χ4v) is 4.44. The van der Waals surface area contributed by atoms with Crippen LogP contribution in [0.5, 0.6) is 0 Å². The third-order valence-corrected chi connectivity index (χ3v) is 5.77. The summed E-state index contributed by atoms with van der Waals surface area (Å²) in [6.07, 6.45) is -3.85. The zero-order valence-electron chi connectivity index (χ0n) is 20.5. The summed E-state index contributed by atoms with van der Waals surface area (Å²) in [6.45, 7) is 11.4. The number of carbonyl (C=O) groups excluding carboxylic acids is 4. The first kappa shape index (κ1) is 25.5. The minimum absolute atomic E-state index is 0.275. The zero-order chi connectivity index (χ0) is 25.4. The Bertz CT molecular complexity index is 986. The molecule has 10 nitrogen and oxygen atoms in total. The molecule has 0 spiro atoms. The van der Waals surface area contributed by atoms with Gasteiger partial charge in [0.15, 0.2) is 18.4 Å². The van der Waals surface area contributed by atoms with E-state index in [9.17, 15) is 19.2 Å². The maximum Gasteiger partial charge on any atom is 0.324 e. The maximum absolute atomic E-state index is 13.2. The van der Waals surface area contributed by atoms with Crippen LogP contribution in [0.3, 0.4) is 0 Å². The number of benzene rings is 1. The highest BCUT2D eigenvalue weighted by atomic mass is 16.6. The highest BCUT2D eigenvalue weighted by Gasteiger charge is 2.59. The van der Waals surface area contributed by atoms with Crippen LogP contribution in [0.1, 0.15) is 52.7 Å². The monoisotopic (exact) mass is 476 g/mol. The van der Waals surface area contributed by atoms with Gasteiger partial charge >= 0.3 is 23.9 Å². The van der Waals surface area contributed by atoms with Crippen molar-refractivity contribution in [2.45, 2.75) is 84.5 Å². The first-order chi connectivity index (χ1) is 15.8. The Balaban J connectivity index is 2.04. The molecule has 2 aliphatic heterocycles. The van der Waals surface area contributed by atoms with Gasteiger partial charge in [0, 0.05) is 20.8 Å². The fourth-order valence-electron chi connectivity index (χ4n) is 4.44. The molecule has 1 N–H and O–H groups in total. The Hall–Kier alpha value is -3.14. The highest BCUT2D eigenvalue weighted by molar-refractivity contribution is 5.97. The number of nitrogens with one attached hydrogen (secondary N) is 1. The van der Waals surface area contributed by atoms with Crippen LogP contribution in [-0.2, 0) is 38.7 Å². The number of hydrogen-bond donors (Lipinski definition) is 1. The number of carbonyl (C=O) groups is 4. The molecule has 0 aliphatic carbocycles. The van der Waals surface area contributed by atoms with Crippen LogP contribution in [-0.4, -0.2) is 61.1 Å². The van der Waals surface area contributed by atoms with Crippen molar-refractivity contribution in [1.29, 1.82) is 0 Å². The van der Waals surface area contributed by atoms with E-state index in [1.54, 1.807) is 0 Å². The molecule has 2 aliphatic rings. The number of nitrogens with zero attached hydrogens (tertiary/aromatic N) is 1. The number of urea groups is 1. The summed E-state index contributed by atoms with van der Waals surface area (Å²) < 4.78 is 22.2. The standard InChI is InChI=1S/C24H32N2O8/c1-12-9-8-10-16(24(5,6)7)19(12)26-22-18(25-23(26)30)21(33-15(4)29)20(34-22)17(32-14(3)28)11-31-13(2)27/h8-10,17-18,20-22H,11H2,1-7H3,(H,25,30)/t17-,18-,20-,21-,22+/m1/s1. The second-order valence-electron chi connectivity index (χ2n) is 9.58. The van der Waals surface area contributed by atoms with E-state index in [2.05, 4.69) is 5.32 Å². The van der Waals surface area contributed by atoms with Crippen LogP contribution < -0.4 is 10.2 Å². The number of rotatable bonds is 6. The van der Waals surface area contributed by atoms with E-state index in [-0.39, 0.29) is 12.0 Å². The Labute approximate surface area is 198 Å². The Morgan fingerprint density at radius 2 is 1.79 bits per heavy atom. The van der Waals surface area contributed by atoms with Gasteiger partial charge in [0.1, 0.15) is 18.8 Å². The predicted octanol–water partition coefficient (Wildman–Crippen LogP) is 2.34. The molecule has 0 bridgehead atoms. The Morgan fingerprint density at radius 3 is 2.35 bits per heavy atom. The average Bonchev–Trinajstić information content (AvgIpc) is 3.19. The van der Waals surface area contributed by atoms with Crippen LogP contribution in [0.25, 0.3) is 0 Å². The van der Waals surface area contributed by atoms with Crippen LogP contribution >= 0.6 is 0 Å². The molecule has 2 saturated heterocycles. The summed E-state index contributed by atoms with van der Waals surface area (Å²) in [5.41, 5.74) is 2.24. The fraction of sp³-hybridized carbons (Fsp3) is 0.583. The molecular weight excluding hydrogens is 444 g/mol. The summed E-state index contributed by atoms with van der Waals surface area (Å²) in [7, 11) is 0. The molecule has 2 amide bonds. The van der Waals surface area contributed by atoms with Crippen molar-refractivity contribution in [3.05, 3.63) is 29.3 Å². The van der Waals surface area contributed by atoms with Crippen molar-refractivity contribution in [1.82, 2.24) is 5.32 Å². The molecule has 0 aromatic heterocycles. The second-order valence-corrected chi connectivity index (χ2v) is 9.58. The number of hydrogen-bond acceptors (Lipinski definition) is 8. The van der Waals surface area contributed by atoms with Crippen molar-refractivity contribution < 1.29 is 38.1 Å². The van der Waals surface area contributed by atoms with Crippen LogP contribution in [0, 0.1) is 6.92 Å². The topological polar surface area (TPSA) is 120 Å². The first-order valence-corrected chi connectivity index (χ1v) is 11.1. The molecule has 0 unspecified atom stereocenters. The Kier molecular flexibility index (Phi) is 7.21. The van der Waals surface area contributed by atoms with Crippen LogP contribution in [0.4, 0.5) is 10.5 Å². The van der Waals surface area contributed by atoms with Crippen molar-refractivity contribution in [3.63, 3.8) is 0 Å². The molecule has 2 heterocycles. The van der Waals surface area contributed by atoms with Gasteiger partial charge in [-0.15, -0.1) is 0 Å². The third-order valence-electron chi connectivity index (χ3n) is 5.77. The van der Waals surface area contributed by atoms with Gasteiger partial charge in [-0.05, 0) is 23.5 Å². The third kappa shape index (κ3) is 5.16. The lowest BCUT2D eigenvalue weighted by atomic mass is 9.84. The lowest BCUT2D eigenvalue weighted by Gasteiger charge is -2.32. The summed E-state index contributed by atoms with van der Waals surface area (Å²) in [5.74, 6) is -1.77. The number of fused-ring (bicyclic) bond motifs is 1. The number of ether oxygens (including phenoxy) is 4. The van der Waals surface area contributed by atoms with E-state index in [0.717, 1.165) is 11.1 Å². The minimum Gasteiger partial charge on any atom is -0.462 e. The predicted molar refractivity (Wildman–Crippen MR) is 121 cm³/mol. The molecule has 2 fully saturated rings. The molecule has 1 aromatic carbocycles. The van der Waals surface area contributed by atoms with Gasteiger partial charge in [-0.3, -0.25) is 19.3 Å². The average molecular weight is 477 g/mol. The zero-order valence-corrected chi connectivity index (χ0v) is 20.5. The van der Waals surface area contributed by atoms with Crippen molar-refractivity contribution in [3.8, 4) is 0 Å². The molecule has 1 aromatic rings. The van der Waals surface area contributed by atoms with Crippen LogP contribution in [0.2, 0.25) is 0 Å². The summed E-state index contributed by atoms with van der Waals surface area (Å²) in [5, 5.41) is 2.87. The molecule has 0 radical (unpaired) electrons. The van der Waals surface area contributed by atoms with Crippen molar-refractivity contribution in [2.24, 2.45) is 0 Å². The van der Waals surface area contributed by atoms with E-state index in [4.69, 9.17) is 18.9 Å². The largest absolute Gasteiger partial charge is 0.462 e. The number of aryl methyl sites for hydroxylation is 1. The number of amides is 2. The normalized spacial score (nSPS) is 24.8. The smallest absolute Gasteiger partial charge is 0.324 e. The van der Waals surface area contributed by atoms with Gasteiger partial charge in [0.25, 0.3) is 0 Å². The second kappa shape index (κ2) is 9.61. The highest BCUT2D eigenvalue weighted by Crippen LogP contribution is 2.41. The van der Waals surface area contributed by atoms with Gasteiger partial charge in [0.2, 0.25) is 0 Å². The molecule has 10 heteroatoms. The summed E-state index contributed by atoms with van der Waals surface area (Å²) in [6, 6.07) is 4.67. The van der Waals surface area contributed by atoms with Gasteiger partial charge in [-0.25, -0.2) is 4.79 Å². The van der Waals surface area contributed by atoms with Gasteiger partial charge < -0.3 is 24.3 Å². The van der Waals surface area contributed by atoms with E-state index >= 15 is 0 Å². The van der Waals surface area contributed by atoms with E-state index in [0.29, 0.717) is 5.69 Å². The van der Waals surface area contributed by atoms with E-state index in [1.807, 2.05) is 45.9 Å². The lowest BCUT2D eigenvalue weighted by Crippen LogP contribution is -2.49. The molecule has 5 atom stereocenters. The SMILES string of the molecule is CC(=O)OC[C@@H](OC(C)=O)[C@H]1O[C@H]2[C@H](NC(=O)N2c2c(C)cccc2C(C)(C)C)[C@H]1OC(C)=O. The quantitative estimate of drug-likeness (QED) is 0.491. The van der Waals surface area contributed by atoms with Crippen molar-refractivity contribution >= 4 is 29.6 Å². The van der Waals surface area contributed by atoms with E-state index in [1.165, 1.54) is 25.7 Å². The first-order valence-electron chi connectivity index (χ1n) is 11.1. The maximum atomic E-state index is 13.2. The van der Waals surface area contributed by atoms with E-state index < -0.39 is 54.5 Å². The molecular formula is C24H32N2O8. The van der Waals surface area contributed by atoms with Gasteiger partial charge in [-0.1, -0.05) is 39.0 Å². The number of para-hydroxylation sites is 1. The molecule has 3 rings (SSSR count). The number of anilines is 1. The van der Waals surface area contributed by atoms with Gasteiger partial charge in [-0.2, -0.15) is 0 Å². The lowest BCUT2D eigenvalue weighted by molar-refractivity contribution is -0.174. The minimum atomic E-state index is -1.05. The molecule has 34 heavy (non-hydrogen) atoms.